The molecule has 0 radical (unpaired) electrons. The molecule has 0 amide bonds. The van der Waals surface area contributed by atoms with Gasteiger partial charge in [-0.15, -0.1) is 0 Å². The van der Waals surface area contributed by atoms with Gasteiger partial charge < -0.3 is 10.5 Å². The van der Waals surface area contributed by atoms with Gasteiger partial charge in [0, 0.05) is 25.2 Å². The van der Waals surface area contributed by atoms with E-state index in [9.17, 15) is 4.39 Å². The number of morpholine rings is 1. The highest BCUT2D eigenvalue weighted by molar-refractivity contribution is 5.19. The van der Waals surface area contributed by atoms with E-state index in [1.807, 2.05) is 0 Å². The van der Waals surface area contributed by atoms with Gasteiger partial charge in [-0.05, 0) is 24.1 Å². The summed E-state index contributed by atoms with van der Waals surface area (Å²) in [4.78, 5) is 2.37. The van der Waals surface area contributed by atoms with Crippen molar-refractivity contribution in [3.05, 3.63) is 35.6 Å². The summed E-state index contributed by atoms with van der Waals surface area (Å²) in [7, 11) is 0. The Labute approximate surface area is 108 Å². The van der Waals surface area contributed by atoms with Crippen molar-refractivity contribution in [2.45, 2.75) is 25.4 Å². The van der Waals surface area contributed by atoms with Crippen LogP contribution in [0.1, 0.15) is 24.9 Å². The summed E-state index contributed by atoms with van der Waals surface area (Å²) < 4.78 is 18.3. The topological polar surface area (TPSA) is 38.5 Å². The van der Waals surface area contributed by atoms with Gasteiger partial charge in [0.1, 0.15) is 5.82 Å². The van der Waals surface area contributed by atoms with Gasteiger partial charge in [0.05, 0.1) is 13.2 Å². The van der Waals surface area contributed by atoms with Gasteiger partial charge in [-0.25, -0.2) is 4.39 Å². The lowest BCUT2D eigenvalue weighted by Gasteiger charge is -2.36. The Morgan fingerprint density at radius 2 is 2.17 bits per heavy atom. The minimum atomic E-state index is -0.219. The van der Waals surface area contributed by atoms with Crippen molar-refractivity contribution in [2.24, 2.45) is 5.73 Å². The molecule has 0 spiro atoms. The maximum Gasteiger partial charge on any atom is 0.123 e. The molecular formula is C14H21FN2O. The number of nitrogens with zero attached hydrogens (tertiary/aromatic N) is 1. The minimum absolute atomic E-state index is 0.0715. The zero-order valence-electron chi connectivity index (χ0n) is 10.8. The van der Waals surface area contributed by atoms with Crippen molar-refractivity contribution in [1.82, 2.24) is 4.90 Å². The first-order valence-electron chi connectivity index (χ1n) is 6.53. The summed E-state index contributed by atoms with van der Waals surface area (Å²) in [6, 6.07) is 6.84. The van der Waals surface area contributed by atoms with E-state index < -0.39 is 0 Å². The van der Waals surface area contributed by atoms with Crippen LogP contribution in [0.3, 0.4) is 0 Å². The van der Waals surface area contributed by atoms with E-state index in [1.165, 1.54) is 12.1 Å². The fourth-order valence-corrected chi connectivity index (χ4v) is 2.37. The first-order chi connectivity index (χ1) is 8.70. The quantitative estimate of drug-likeness (QED) is 0.890. The van der Waals surface area contributed by atoms with Crippen LogP contribution < -0.4 is 5.73 Å². The lowest BCUT2D eigenvalue weighted by molar-refractivity contribution is -0.0110. The molecule has 0 aliphatic carbocycles. The maximum absolute atomic E-state index is 12.9. The minimum Gasteiger partial charge on any atom is -0.378 e. The summed E-state index contributed by atoms with van der Waals surface area (Å²) in [5.41, 5.74) is 7.17. The van der Waals surface area contributed by atoms with Crippen molar-refractivity contribution >= 4 is 0 Å². The second-order valence-corrected chi connectivity index (χ2v) is 4.79. The van der Waals surface area contributed by atoms with Crippen molar-refractivity contribution < 1.29 is 9.13 Å². The lowest BCUT2D eigenvalue weighted by Crippen LogP contribution is -2.47. The van der Waals surface area contributed by atoms with Crippen LogP contribution in [0, 0.1) is 5.82 Å². The molecule has 4 heteroatoms. The Morgan fingerprint density at radius 1 is 1.44 bits per heavy atom. The third-order valence-corrected chi connectivity index (χ3v) is 3.55. The smallest absolute Gasteiger partial charge is 0.123 e. The molecule has 1 aliphatic rings. The van der Waals surface area contributed by atoms with Crippen LogP contribution in [0.25, 0.3) is 0 Å². The molecule has 2 N–H and O–H groups in total. The van der Waals surface area contributed by atoms with Crippen LogP contribution in [-0.2, 0) is 4.74 Å². The molecule has 100 valence electrons. The Morgan fingerprint density at radius 3 is 2.83 bits per heavy atom. The van der Waals surface area contributed by atoms with E-state index >= 15 is 0 Å². The van der Waals surface area contributed by atoms with Crippen molar-refractivity contribution in [3.8, 4) is 0 Å². The standard InChI is InChI=1S/C14H21FN2O/c1-2-13-10-18-8-7-17(13)9-14(16)11-3-5-12(15)6-4-11/h3-6,13-14H,2,7-10,16H2,1H3. The zero-order valence-corrected chi connectivity index (χ0v) is 10.8. The number of benzene rings is 1. The molecule has 18 heavy (non-hydrogen) atoms. The van der Waals surface area contributed by atoms with Crippen LogP contribution in [0.2, 0.25) is 0 Å². The van der Waals surface area contributed by atoms with E-state index in [4.69, 9.17) is 10.5 Å². The Bertz CT molecular complexity index is 369. The first kappa shape index (κ1) is 13.5. The normalized spacial score (nSPS) is 22.9. The van der Waals surface area contributed by atoms with Crippen molar-refractivity contribution in [2.75, 3.05) is 26.3 Å². The van der Waals surface area contributed by atoms with Gasteiger partial charge in [0.25, 0.3) is 0 Å². The molecule has 0 bridgehead atoms. The molecule has 3 nitrogen and oxygen atoms in total. The molecule has 1 aliphatic heterocycles. The summed E-state index contributed by atoms with van der Waals surface area (Å²) in [5.74, 6) is -0.219. The number of hydrogen-bond acceptors (Lipinski definition) is 3. The Kier molecular flexibility index (Phi) is 4.69. The highest BCUT2D eigenvalue weighted by atomic mass is 19.1. The van der Waals surface area contributed by atoms with Gasteiger partial charge in [-0.3, -0.25) is 4.90 Å². The van der Waals surface area contributed by atoms with E-state index in [-0.39, 0.29) is 11.9 Å². The summed E-state index contributed by atoms with van der Waals surface area (Å²) in [5, 5.41) is 0. The fraction of sp³-hybridized carbons (Fsp3) is 0.571. The molecule has 1 heterocycles. The molecule has 1 aromatic carbocycles. The molecule has 0 aromatic heterocycles. The SMILES string of the molecule is CCC1COCCN1CC(N)c1ccc(F)cc1. The van der Waals surface area contributed by atoms with Crippen molar-refractivity contribution in [3.63, 3.8) is 0 Å². The van der Waals surface area contributed by atoms with Crippen LogP contribution in [-0.4, -0.2) is 37.2 Å². The monoisotopic (exact) mass is 252 g/mol. The summed E-state index contributed by atoms with van der Waals surface area (Å²) in [6.45, 7) is 5.44. The molecule has 2 atom stereocenters. The number of nitrogens with two attached hydrogens (primary N) is 1. The van der Waals surface area contributed by atoms with E-state index in [0.29, 0.717) is 6.04 Å². The maximum atomic E-state index is 12.9. The number of hydrogen-bond donors (Lipinski definition) is 1. The number of halogens is 1. The Balaban J connectivity index is 1.97. The van der Waals surface area contributed by atoms with E-state index in [1.54, 1.807) is 12.1 Å². The van der Waals surface area contributed by atoms with Gasteiger partial charge in [-0.1, -0.05) is 19.1 Å². The molecule has 1 fully saturated rings. The highest BCUT2D eigenvalue weighted by Gasteiger charge is 2.23. The van der Waals surface area contributed by atoms with Crippen LogP contribution in [0.15, 0.2) is 24.3 Å². The third kappa shape index (κ3) is 3.28. The number of rotatable bonds is 4. The predicted octanol–water partition coefficient (Wildman–Crippen LogP) is 1.94. The third-order valence-electron chi connectivity index (χ3n) is 3.55. The predicted molar refractivity (Wildman–Crippen MR) is 69.8 cm³/mol. The summed E-state index contributed by atoms with van der Waals surface area (Å²) in [6.07, 6.45) is 1.07. The second kappa shape index (κ2) is 6.27. The van der Waals surface area contributed by atoms with Gasteiger partial charge in [0.15, 0.2) is 0 Å². The van der Waals surface area contributed by atoms with Crippen LogP contribution in [0.5, 0.6) is 0 Å². The average Bonchev–Trinajstić information content (AvgIpc) is 2.40. The second-order valence-electron chi connectivity index (χ2n) is 4.79. The van der Waals surface area contributed by atoms with Gasteiger partial charge in [-0.2, -0.15) is 0 Å². The molecule has 2 rings (SSSR count). The molecule has 2 unspecified atom stereocenters. The van der Waals surface area contributed by atoms with E-state index in [0.717, 1.165) is 38.3 Å². The Hall–Kier alpha value is -0.970. The van der Waals surface area contributed by atoms with Gasteiger partial charge >= 0.3 is 0 Å². The van der Waals surface area contributed by atoms with Gasteiger partial charge in [0.2, 0.25) is 0 Å². The van der Waals surface area contributed by atoms with Crippen LogP contribution >= 0.6 is 0 Å². The highest BCUT2D eigenvalue weighted by Crippen LogP contribution is 2.17. The zero-order chi connectivity index (χ0) is 13.0. The molecule has 0 saturated carbocycles. The van der Waals surface area contributed by atoms with Crippen molar-refractivity contribution in [1.29, 1.82) is 0 Å². The molecule has 1 aromatic rings. The largest absolute Gasteiger partial charge is 0.378 e. The molecular weight excluding hydrogens is 231 g/mol. The first-order valence-corrected chi connectivity index (χ1v) is 6.53. The number of ether oxygens (including phenoxy) is 1. The van der Waals surface area contributed by atoms with E-state index in [2.05, 4.69) is 11.8 Å². The lowest BCUT2D eigenvalue weighted by atomic mass is 10.1. The average molecular weight is 252 g/mol. The summed E-state index contributed by atoms with van der Waals surface area (Å²) >= 11 is 0. The van der Waals surface area contributed by atoms with Crippen LogP contribution in [0.4, 0.5) is 4.39 Å². The fourth-order valence-electron chi connectivity index (χ4n) is 2.37. The molecule has 1 saturated heterocycles.